The molecule has 1 saturated carbocycles. The summed E-state index contributed by atoms with van der Waals surface area (Å²) in [5.41, 5.74) is 6.67. The van der Waals surface area contributed by atoms with Gasteiger partial charge in [0.2, 0.25) is 10.0 Å². The number of anilines is 1. The molecule has 118 valence electrons. The van der Waals surface area contributed by atoms with Gasteiger partial charge >= 0.3 is 0 Å². The van der Waals surface area contributed by atoms with E-state index in [1.54, 1.807) is 6.07 Å². The number of ether oxygens (including phenoxy) is 1. The Kier molecular flexibility index (Phi) is 4.49. The van der Waals surface area contributed by atoms with Gasteiger partial charge in [-0.2, -0.15) is 0 Å². The molecule has 0 unspecified atom stereocenters. The molecule has 0 saturated heterocycles. The van der Waals surface area contributed by atoms with Gasteiger partial charge in [0.25, 0.3) is 0 Å². The first kappa shape index (κ1) is 16.1. The quantitative estimate of drug-likeness (QED) is 0.837. The molecule has 1 aromatic rings. The Hall–Kier alpha value is -1.27. The molecule has 0 radical (unpaired) electrons. The molecule has 1 aliphatic rings. The second-order valence-electron chi connectivity index (χ2n) is 6.39. The third kappa shape index (κ3) is 3.89. The number of hydrogen-bond acceptors (Lipinski definition) is 4. The average Bonchev–Trinajstić information content (AvgIpc) is 2.43. The highest BCUT2D eigenvalue weighted by molar-refractivity contribution is 7.89. The van der Waals surface area contributed by atoms with Crippen molar-refractivity contribution in [1.29, 1.82) is 0 Å². The Labute approximate surface area is 126 Å². The predicted octanol–water partition coefficient (Wildman–Crippen LogP) is 2.52. The van der Waals surface area contributed by atoms with E-state index in [0.29, 0.717) is 16.9 Å². The van der Waals surface area contributed by atoms with E-state index in [0.717, 1.165) is 25.7 Å². The van der Waals surface area contributed by atoms with Crippen molar-refractivity contribution in [1.82, 2.24) is 4.72 Å². The van der Waals surface area contributed by atoms with Crippen LogP contribution in [0, 0.1) is 5.41 Å². The van der Waals surface area contributed by atoms with Gasteiger partial charge in [0.05, 0.1) is 16.7 Å². The first-order chi connectivity index (χ1) is 9.73. The highest BCUT2D eigenvalue weighted by Gasteiger charge is 2.28. The molecule has 0 atom stereocenters. The van der Waals surface area contributed by atoms with Crippen LogP contribution in [0.3, 0.4) is 0 Å². The van der Waals surface area contributed by atoms with Gasteiger partial charge in [-0.05, 0) is 56.3 Å². The lowest BCUT2D eigenvalue weighted by Gasteiger charge is -2.34. The minimum absolute atomic E-state index is 0.152. The monoisotopic (exact) mass is 312 g/mol. The number of hydrogen-bond donors (Lipinski definition) is 2. The van der Waals surface area contributed by atoms with Crippen molar-refractivity contribution in [3.05, 3.63) is 18.2 Å². The van der Waals surface area contributed by atoms with Gasteiger partial charge < -0.3 is 10.5 Å². The summed E-state index contributed by atoms with van der Waals surface area (Å²) in [4.78, 5) is 0.152. The topological polar surface area (TPSA) is 81.4 Å². The lowest BCUT2D eigenvalue weighted by molar-refractivity contribution is 0.0993. The van der Waals surface area contributed by atoms with E-state index in [9.17, 15) is 8.42 Å². The lowest BCUT2D eigenvalue weighted by Crippen LogP contribution is -2.28. The van der Waals surface area contributed by atoms with Crippen molar-refractivity contribution in [2.24, 2.45) is 5.41 Å². The molecular weight excluding hydrogens is 288 g/mol. The molecule has 1 aromatic carbocycles. The van der Waals surface area contributed by atoms with Crippen LogP contribution in [0.5, 0.6) is 5.75 Å². The van der Waals surface area contributed by atoms with Crippen LogP contribution in [0.15, 0.2) is 23.1 Å². The molecule has 0 spiro atoms. The van der Waals surface area contributed by atoms with Gasteiger partial charge in [-0.1, -0.05) is 13.8 Å². The van der Waals surface area contributed by atoms with Gasteiger partial charge in [0.15, 0.2) is 0 Å². The van der Waals surface area contributed by atoms with Crippen molar-refractivity contribution in [2.45, 2.75) is 50.5 Å². The second kappa shape index (κ2) is 5.85. The zero-order valence-corrected chi connectivity index (χ0v) is 13.7. The molecule has 6 heteroatoms. The molecule has 0 aromatic heterocycles. The first-order valence-corrected chi connectivity index (χ1v) is 8.71. The Morgan fingerprint density at radius 3 is 2.43 bits per heavy atom. The van der Waals surface area contributed by atoms with E-state index < -0.39 is 10.0 Å². The van der Waals surface area contributed by atoms with Gasteiger partial charge in [0, 0.05) is 0 Å². The molecule has 0 heterocycles. The fourth-order valence-electron chi connectivity index (χ4n) is 2.59. The van der Waals surface area contributed by atoms with Crippen LogP contribution in [0.2, 0.25) is 0 Å². The molecule has 0 bridgehead atoms. The van der Waals surface area contributed by atoms with Crippen molar-refractivity contribution < 1.29 is 13.2 Å². The normalized spacial score (nSPS) is 19.4. The maximum Gasteiger partial charge on any atom is 0.240 e. The number of nitrogens with two attached hydrogens (primary N) is 1. The van der Waals surface area contributed by atoms with Crippen LogP contribution in [0.1, 0.15) is 39.5 Å². The smallest absolute Gasteiger partial charge is 0.240 e. The van der Waals surface area contributed by atoms with Gasteiger partial charge in [0.1, 0.15) is 5.75 Å². The fraction of sp³-hybridized carbons (Fsp3) is 0.600. The number of nitrogens with one attached hydrogen (secondary N) is 1. The molecular formula is C15H24N2O3S. The van der Waals surface area contributed by atoms with E-state index in [4.69, 9.17) is 10.5 Å². The maximum atomic E-state index is 11.7. The number of nitrogen functional groups attached to an aromatic ring is 1. The Morgan fingerprint density at radius 1 is 1.29 bits per heavy atom. The average molecular weight is 312 g/mol. The summed E-state index contributed by atoms with van der Waals surface area (Å²) in [5, 5.41) is 0. The second-order valence-corrected chi connectivity index (χ2v) is 8.28. The third-order valence-electron chi connectivity index (χ3n) is 4.14. The molecule has 1 fully saturated rings. The summed E-state index contributed by atoms with van der Waals surface area (Å²) in [6.45, 7) is 4.55. The van der Waals surface area contributed by atoms with Crippen LogP contribution < -0.4 is 15.2 Å². The Balaban J connectivity index is 2.09. The molecule has 0 amide bonds. The van der Waals surface area contributed by atoms with E-state index in [1.807, 2.05) is 0 Å². The fourth-order valence-corrected chi connectivity index (χ4v) is 3.35. The molecule has 21 heavy (non-hydrogen) atoms. The van der Waals surface area contributed by atoms with Crippen molar-refractivity contribution in [3.8, 4) is 5.75 Å². The zero-order valence-electron chi connectivity index (χ0n) is 12.8. The molecule has 1 aliphatic carbocycles. The SMILES string of the molecule is CNS(=O)(=O)c1ccc(OC2CCC(C)(C)CC2)c(N)c1. The molecule has 2 rings (SSSR count). The lowest BCUT2D eigenvalue weighted by atomic mass is 9.76. The van der Waals surface area contributed by atoms with E-state index in [1.165, 1.54) is 19.2 Å². The van der Waals surface area contributed by atoms with Gasteiger partial charge in [-0.25, -0.2) is 13.1 Å². The van der Waals surface area contributed by atoms with Crippen molar-refractivity contribution in [2.75, 3.05) is 12.8 Å². The largest absolute Gasteiger partial charge is 0.488 e. The summed E-state index contributed by atoms with van der Waals surface area (Å²) < 4.78 is 31.6. The van der Waals surface area contributed by atoms with Crippen LogP contribution >= 0.6 is 0 Å². The minimum Gasteiger partial charge on any atom is -0.488 e. The van der Waals surface area contributed by atoms with Crippen LogP contribution in [-0.2, 0) is 10.0 Å². The molecule has 3 N–H and O–H groups in total. The first-order valence-electron chi connectivity index (χ1n) is 7.23. The molecule has 5 nitrogen and oxygen atoms in total. The Bertz CT molecular complexity index is 601. The van der Waals surface area contributed by atoms with Crippen molar-refractivity contribution in [3.63, 3.8) is 0 Å². The number of sulfonamides is 1. The van der Waals surface area contributed by atoms with E-state index >= 15 is 0 Å². The van der Waals surface area contributed by atoms with E-state index in [-0.39, 0.29) is 11.0 Å². The van der Waals surface area contributed by atoms with Crippen LogP contribution in [0.4, 0.5) is 5.69 Å². The van der Waals surface area contributed by atoms with E-state index in [2.05, 4.69) is 18.6 Å². The highest BCUT2D eigenvalue weighted by atomic mass is 32.2. The summed E-state index contributed by atoms with van der Waals surface area (Å²) in [7, 11) is -2.10. The third-order valence-corrected chi connectivity index (χ3v) is 5.55. The maximum absolute atomic E-state index is 11.7. The molecule has 0 aliphatic heterocycles. The Morgan fingerprint density at radius 2 is 1.90 bits per heavy atom. The van der Waals surface area contributed by atoms with Crippen LogP contribution in [0.25, 0.3) is 0 Å². The number of benzene rings is 1. The summed E-state index contributed by atoms with van der Waals surface area (Å²) in [6.07, 6.45) is 4.42. The summed E-state index contributed by atoms with van der Waals surface area (Å²) >= 11 is 0. The zero-order chi connectivity index (χ0) is 15.7. The predicted molar refractivity (Wildman–Crippen MR) is 83.8 cm³/mol. The van der Waals surface area contributed by atoms with Gasteiger partial charge in [-0.15, -0.1) is 0 Å². The summed E-state index contributed by atoms with van der Waals surface area (Å²) in [6, 6.07) is 4.59. The van der Waals surface area contributed by atoms with Crippen LogP contribution in [-0.4, -0.2) is 21.6 Å². The number of rotatable bonds is 4. The minimum atomic E-state index is -3.47. The van der Waals surface area contributed by atoms with Crippen molar-refractivity contribution >= 4 is 15.7 Å². The van der Waals surface area contributed by atoms with Gasteiger partial charge in [-0.3, -0.25) is 0 Å². The standard InChI is InChI=1S/C15H24N2O3S/c1-15(2)8-6-11(7-9-15)20-14-5-4-12(10-13(14)16)21(18,19)17-3/h4-5,10-11,17H,6-9,16H2,1-3H3. The summed E-state index contributed by atoms with van der Waals surface area (Å²) in [5.74, 6) is 0.565. The highest BCUT2D eigenvalue weighted by Crippen LogP contribution is 2.37.